The lowest BCUT2D eigenvalue weighted by Gasteiger charge is -2.32. The van der Waals surface area contributed by atoms with Crippen LogP contribution in [0.25, 0.3) is 0 Å². The largest absolute Gasteiger partial charge is 0.453 e. The first-order valence-electron chi connectivity index (χ1n) is 11.7. The highest BCUT2D eigenvalue weighted by molar-refractivity contribution is 7.88. The Morgan fingerprint density at radius 3 is 2.71 bits per heavy atom. The SMILES string of the molecule is COC(=O)N1[C@H](C)C[C@H](NS(C)(=O)=O)[C@@H]1COC1CCC2(c3ncc(OC(F)F)c(C)n3)CC2C1. The molecule has 1 aromatic heterocycles. The van der Waals surface area contributed by atoms with Crippen molar-refractivity contribution >= 4 is 16.1 Å². The molecule has 6 atom stereocenters. The fourth-order valence-electron chi connectivity index (χ4n) is 5.71. The number of nitrogens with zero attached hydrogens (tertiary/aromatic N) is 3. The van der Waals surface area contributed by atoms with Gasteiger partial charge in [0.2, 0.25) is 10.0 Å². The number of ether oxygens (including phenoxy) is 3. The van der Waals surface area contributed by atoms with Gasteiger partial charge in [0.1, 0.15) is 5.82 Å². The van der Waals surface area contributed by atoms with Crippen LogP contribution in [0.1, 0.15) is 50.5 Å². The average Bonchev–Trinajstić information content (AvgIpc) is 3.43. The Morgan fingerprint density at radius 2 is 2.11 bits per heavy atom. The second-order valence-electron chi connectivity index (χ2n) is 9.83. The predicted octanol–water partition coefficient (Wildman–Crippen LogP) is 2.36. The van der Waals surface area contributed by atoms with E-state index in [2.05, 4.69) is 19.4 Å². The lowest BCUT2D eigenvalue weighted by atomic mass is 9.86. The van der Waals surface area contributed by atoms with Gasteiger partial charge in [-0.3, -0.25) is 4.90 Å². The van der Waals surface area contributed by atoms with Crippen molar-refractivity contribution in [1.82, 2.24) is 19.6 Å². The average molecular weight is 519 g/mol. The number of halogens is 2. The summed E-state index contributed by atoms with van der Waals surface area (Å²) >= 11 is 0. The van der Waals surface area contributed by atoms with E-state index in [-0.39, 0.29) is 29.9 Å². The van der Waals surface area contributed by atoms with Crippen molar-refractivity contribution in [2.45, 2.75) is 82.2 Å². The van der Waals surface area contributed by atoms with Crippen molar-refractivity contribution < 1.29 is 36.2 Å². The summed E-state index contributed by atoms with van der Waals surface area (Å²) in [6, 6.07) is -1.14. The molecule has 13 heteroatoms. The van der Waals surface area contributed by atoms with E-state index in [0.29, 0.717) is 23.9 Å². The Bertz CT molecular complexity index is 1060. The third kappa shape index (κ3) is 5.51. The molecule has 196 valence electrons. The van der Waals surface area contributed by atoms with E-state index in [4.69, 9.17) is 9.47 Å². The van der Waals surface area contributed by atoms with Gasteiger partial charge in [-0.25, -0.2) is 27.9 Å². The quantitative estimate of drug-likeness (QED) is 0.557. The molecule has 3 fully saturated rings. The molecule has 4 rings (SSSR count). The Hall–Kier alpha value is -2.12. The number of aryl methyl sites for hydroxylation is 1. The summed E-state index contributed by atoms with van der Waals surface area (Å²) in [5.41, 5.74) is 0.213. The molecule has 0 spiro atoms. The fraction of sp³-hybridized carbons (Fsp3) is 0.773. The first-order valence-corrected chi connectivity index (χ1v) is 13.6. The molecule has 1 aliphatic heterocycles. The van der Waals surface area contributed by atoms with E-state index in [9.17, 15) is 22.0 Å². The molecule has 0 radical (unpaired) electrons. The maximum atomic E-state index is 12.5. The number of nitrogens with one attached hydrogen (secondary N) is 1. The van der Waals surface area contributed by atoms with Crippen LogP contribution >= 0.6 is 0 Å². The van der Waals surface area contributed by atoms with Gasteiger partial charge in [-0.05, 0) is 51.9 Å². The van der Waals surface area contributed by atoms with Gasteiger partial charge in [0, 0.05) is 17.5 Å². The maximum Gasteiger partial charge on any atom is 0.410 e. The number of fused-ring (bicyclic) bond motifs is 1. The molecular weight excluding hydrogens is 486 g/mol. The number of carbonyl (C=O) groups is 1. The number of aromatic nitrogens is 2. The molecule has 1 aromatic rings. The van der Waals surface area contributed by atoms with Crippen LogP contribution in [0, 0.1) is 12.8 Å². The lowest BCUT2D eigenvalue weighted by molar-refractivity contribution is -0.0509. The molecule has 2 heterocycles. The summed E-state index contributed by atoms with van der Waals surface area (Å²) in [5, 5.41) is 0. The van der Waals surface area contributed by atoms with E-state index in [0.717, 1.165) is 31.9 Å². The number of hydrogen-bond acceptors (Lipinski definition) is 8. The highest BCUT2D eigenvalue weighted by Gasteiger charge is 2.60. The van der Waals surface area contributed by atoms with Crippen LogP contribution in [-0.2, 0) is 24.9 Å². The second-order valence-corrected chi connectivity index (χ2v) is 11.6. The number of rotatable bonds is 8. The molecule has 0 bridgehead atoms. The molecule has 0 aromatic carbocycles. The number of alkyl halides is 2. The summed E-state index contributed by atoms with van der Waals surface area (Å²) in [6.07, 6.45) is 5.54. The highest BCUT2D eigenvalue weighted by atomic mass is 32.2. The van der Waals surface area contributed by atoms with Crippen LogP contribution in [-0.4, -0.2) is 80.2 Å². The van der Waals surface area contributed by atoms with Crippen LogP contribution in [0.5, 0.6) is 5.75 Å². The van der Waals surface area contributed by atoms with Crippen LogP contribution in [0.3, 0.4) is 0 Å². The zero-order valence-corrected chi connectivity index (χ0v) is 21.1. The molecule has 3 unspecified atom stereocenters. The topological polar surface area (TPSA) is 120 Å². The van der Waals surface area contributed by atoms with Crippen molar-refractivity contribution in [2.24, 2.45) is 5.92 Å². The molecular formula is C22H32F2N4O6S. The Balaban J connectivity index is 1.38. The number of amides is 1. The van der Waals surface area contributed by atoms with E-state index < -0.39 is 34.8 Å². The maximum absolute atomic E-state index is 12.5. The number of hydrogen-bond donors (Lipinski definition) is 1. The van der Waals surface area contributed by atoms with Gasteiger partial charge in [0.25, 0.3) is 0 Å². The molecule has 35 heavy (non-hydrogen) atoms. The van der Waals surface area contributed by atoms with Crippen molar-refractivity contribution in [1.29, 1.82) is 0 Å². The molecule has 1 saturated heterocycles. The van der Waals surface area contributed by atoms with E-state index in [1.54, 1.807) is 11.8 Å². The van der Waals surface area contributed by atoms with Gasteiger partial charge < -0.3 is 14.2 Å². The van der Waals surface area contributed by atoms with Gasteiger partial charge in [0.15, 0.2) is 5.75 Å². The predicted molar refractivity (Wildman–Crippen MR) is 121 cm³/mol. The summed E-state index contributed by atoms with van der Waals surface area (Å²) in [6.45, 7) is 0.745. The zero-order valence-electron chi connectivity index (χ0n) is 20.2. The van der Waals surface area contributed by atoms with E-state index in [1.807, 2.05) is 6.92 Å². The number of likely N-dealkylation sites (tertiary alicyclic amines) is 1. The number of carbonyl (C=O) groups excluding carboxylic acids is 1. The van der Waals surface area contributed by atoms with Crippen LogP contribution in [0.4, 0.5) is 13.6 Å². The van der Waals surface area contributed by atoms with Crippen molar-refractivity contribution in [3.8, 4) is 5.75 Å². The summed E-state index contributed by atoms with van der Waals surface area (Å²) in [4.78, 5) is 22.7. The van der Waals surface area contributed by atoms with E-state index in [1.165, 1.54) is 13.3 Å². The fourth-order valence-corrected chi connectivity index (χ4v) is 6.51. The number of methoxy groups -OCH3 is 1. The van der Waals surface area contributed by atoms with Crippen LogP contribution < -0.4 is 9.46 Å². The molecule has 1 amide bonds. The first kappa shape index (κ1) is 26.0. The van der Waals surface area contributed by atoms with Crippen LogP contribution in [0.2, 0.25) is 0 Å². The standard InChI is InChI=1S/C22H32F2N4O6S/c1-12-7-16(27-35(4,30)31)17(28(12)21(29)32-3)11-33-15-5-6-22(9-14(22)8-15)19-25-10-18(13(2)26-19)34-20(23)24/h10,12,14-17,20,27H,5-9,11H2,1-4H3/t12-,14?,15?,16+,17+,22?/m1/s1. The molecule has 2 aliphatic carbocycles. The van der Waals surface area contributed by atoms with Gasteiger partial charge >= 0.3 is 12.7 Å². The molecule has 1 N–H and O–H groups in total. The van der Waals surface area contributed by atoms with Crippen molar-refractivity contribution in [3.05, 3.63) is 17.7 Å². The Kier molecular flexibility index (Phi) is 7.22. The third-order valence-electron chi connectivity index (χ3n) is 7.43. The monoisotopic (exact) mass is 518 g/mol. The highest BCUT2D eigenvalue weighted by Crippen LogP contribution is 2.61. The smallest absolute Gasteiger partial charge is 0.410 e. The van der Waals surface area contributed by atoms with E-state index >= 15 is 0 Å². The second kappa shape index (κ2) is 9.74. The molecule has 10 nitrogen and oxygen atoms in total. The molecule has 3 aliphatic rings. The summed E-state index contributed by atoms with van der Waals surface area (Å²) in [5.74, 6) is 0.943. The van der Waals surface area contributed by atoms with Gasteiger partial charge in [-0.1, -0.05) is 0 Å². The first-order chi connectivity index (χ1) is 16.4. The lowest BCUT2D eigenvalue weighted by Crippen LogP contribution is -2.50. The Morgan fingerprint density at radius 1 is 1.37 bits per heavy atom. The van der Waals surface area contributed by atoms with Crippen molar-refractivity contribution in [2.75, 3.05) is 20.0 Å². The van der Waals surface area contributed by atoms with Crippen LogP contribution in [0.15, 0.2) is 6.20 Å². The zero-order chi connectivity index (χ0) is 25.5. The summed E-state index contributed by atoms with van der Waals surface area (Å²) in [7, 11) is -2.17. The van der Waals surface area contributed by atoms with Crippen molar-refractivity contribution in [3.63, 3.8) is 0 Å². The minimum absolute atomic E-state index is 0.0208. The van der Waals surface area contributed by atoms with Gasteiger partial charge in [0.05, 0.1) is 44.0 Å². The minimum Gasteiger partial charge on any atom is -0.453 e. The minimum atomic E-state index is -3.47. The third-order valence-corrected chi connectivity index (χ3v) is 8.16. The number of sulfonamides is 1. The summed E-state index contributed by atoms with van der Waals surface area (Å²) < 4.78 is 67.0. The van der Waals surface area contributed by atoms with Gasteiger partial charge in [-0.15, -0.1) is 0 Å². The Labute approximate surface area is 203 Å². The molecule has 2 saturated carbocycles. The normalized spacial score (nSPS) is 32.4. The van der Waals surface area contributed by atoms with Gasteiger partial charge in [-0.2, -0.15) is 8.78 Å².